The Morgan fingerprint density at radius 2 is 1.91 bits per heavy atom. The van der Waals surface area contributed by atoms with Gasteiger partial charge in [-0.1, -0.05) is 13.8 Å². The van der Waals surface area contributed by atoms with Gasteiger partial charge in [0.2, 0.25) is 6.29 Å². The molecule has 132 valence electrons. The number of benzene rings is 1. The van der Waals surface area contributed by atoms with Crippen molar-refractivity contribution in [2.45, 2.75) is 52.4 Å². The molecule has 0 radical (unpaired) electrons. The van der Waals surface area contributed by atoms with E-state index in [1.54, 1.807) is 18.2 Å². The summed E-state index contributed by atoms with van der Waals surface area (Å²) in [5.41, 5.74) is 5.63. The molecule has 0 aromatic heterocycles. The van der Waals surface area contributed by atoms with Crippen molar-refractivity contribution < 1.29 is 22.1 Å². The maximum atomic E-state index is 11.2. The Hall–Kier alpha value is -1.31. The molecule has 2 N–H and O–H groups in total. The average molecular weight is 345 g/mol. The third-order valence-corrected chi connectivity index (χ3v) is 3.53. The molecule has 1 aromatic carbocycles. The predicted molar refractivity (Wildman–Crippen MR) is 90.3 cm³/mol. The molecule has 1 heterocycles. The maximum absolute atomic E-state index is 11.2. The summed E-state index contributed by atoms with van der Waals surface area (Å²) in [5, 5.41) is 0. The number of rotatable bonds is 4. The Kier molecular flexibility index (Phi) is 6.44. The molecular weight excluding hydrogens is 318 g/mol. The summed E-state index contributed by atoms with van der Waals surface area (Å²) < 4.78 is 38.5. The third-order valence-electron chi connectivity index (χ3n) is 3.03. The number of nitrogens with two attached hydrogens (primary N) is 1. The number of hydrogen-bond donors (Lipinski definition) is 1. The van der Waals surface area contributed by atoms with E-state index >= 15 is 0 Å². The number of hydrogen-bond acceptors (Lipinski definition) is 6. The van der Waals surface area contributed by atoms with E-state index in [1.807, 2.05) is 34.6 Å². The first-order chi connectivity index (χ1) is 10.5. The van der Waals surface area contributed by atoms with Gasteiger partial charge in [-0.2, -0.15) is 8.42 Å². The van der Waals surface area contributed by atoms with Crippen LogP contribution in [0.4, 0.5) is 0 Å². The van der Waals surface area contributed by atoms with Gasteiger partial charge in [0.25, 0.3) is 0 Å². The Labute approximate surface area is 139 Å². The van der Waals surface area contributed by atoms with Gasteiger partial charge in [0, 0.05) is 12.2 Å². The molecule has 0 saturated heterocycles. The van der Waals surface area contributed by atoms with Crippen LogP contribution in [0.3, 0.4) is 0 Å². The molecule has 23 heavy (non-hydrogen) atoms. The predicted octanol–water partition coefficient (Wildman–Crippen LogP) is 2.41. The summed E-state index contributed by atoms with van der Waals surface area (Å²) >= 11 is 0. The molecule has 0 bridgehead atoms. The summed E-state index contributed by atoms with van der Waals surface area (Å²) in [6.07, 6.45) is 0.645. The van der Waals surface area contributed by atoms with Crippen molar-refractivity contribution in [1.82, 2.24) is 0 Å². The van der Waals surface area contributed by atoms with Crippen molar-refractivity contribution in [3.05, 3.63) is 23.8 Å². The second kappa shape index (κ2) is 7.51. The van der Waals surface area contributed by atoms with Gasteiger partial charge in [0.15, 0.2) is 0 Å². The van der Waals surface area contributed by atoms with Crippen LogP contribution in [0.2, 0.25) is 0 Å². The van der Waals surface area contributed by atoms with Gasteiger partial charge in [-0.15, -0.1) is 0 Å². The van der Waals surface area contributed by atoms with Gasteiger partial charge in [-0.25, -0.2) is 0 Å². The van der Waals surface area contributed by atoms with E-state index in [1.165, 1.54) is 0 Å². The largest absolute Gasteiger partial charge is 0.464 e. The zero-order valence-electron chi connectivity index (χ0n) is 14.6. The van der Waals surface area contributed by atoms with Crippen molar-refractivity contribution in [2.24, 2.45) is 5.73 Å². The SMILES string of the molecule is CC(C)N.CCOC1Oc2ccc(OS(C)(=O)=O)cc2C1(C)C. The molecule has 2 rings (SSSR count). The highest BCUT2D eigenvalue weighted by atomic mass is 32.2. The van der Waals surface area contributed by atoms with E-state index in [-0.39, 0.29) is 17.5 Å². The fourth-order valence-electron chi connectivity index (χ4n) is 2.13. The molecule has 1 unspecified atom stereocenters. The Bertz CT molecular complexity index is 623. The van der Waals surface area contributed by atoms with Gasteiger partial charge in [-0.3, -0.25) is 0 Å². The van der Waals surface area contributed by atoms with E-state index in [0.717, 1.165) is 11.8 Å². The lowest BCUT2D eigenvalue weighted by Gasteiger charge is -2.25. The van der Waals surface area contributed by atoms with Crippen LogP contribution in [0.25, 0.3) is 0 Å². The fourth-order valence-corrected chi connectivity index (χ4v) is 2.58. The molecule has 1 atom stereocenters. The van der Waals surface area contributed by atoms with Crippen LogP contribution in [0.1, 0.15) is 40.2 Å². The highest BCUT2D eigenvalue weighted by Gasteiger charge is 2.42. The van der Waals surface area contributed by atoms with Crippen LogP contribution in [0.5, 0.6) is 11.5 Å². The molecule has 0 amide bonds. The molecule has 7 heteroatoms. The third kappa shape index (κ3) is 5.67. The van der Waals surface area contributed by atoms with Gasteiger partial charge < -0.3 is 19.4 Å². The Balaban J connectivity index is 0.000000593. The van der Waals surface area contributed by atoms with Crippen LogP contribution in [0, 0.1) is 0 Å². The van der Waals surface area contributed by atoms with Crippen LogP contribution in [-0.2, 0) is 20.3 Å². The van der Waals surface area contributed by atoms with Crippen molar-refractivity contribution in [3.63, 3.8) is 0 Å². The minimum absolute atomic E-state index is 0.287. The quantitative estimate of drug-likeness (QED) is 0.843. The zero-order valence-corrected chi connectivity index (χ0v) is 15.4. The molecule has 1 aliphatic rings. The minimum Gasteiger partial charge on any atom is -0.464 e. The summed E-state index contributed by atoms with van der Waals surface area (Å²) in [6, 6.07) is 5.30. The Morgan fingerprint density at radius 3 is 2.39 bits per heavy atom. The number of fused-ring (bicyclic) bond motifs is 1. The topological polar surface area (TPSA) is 87.8 Å². The van der Waals surface area contributed by atoms with Crippen molar-refractivity contribution in [1.29, 1.82) is 0 Å². The molecule has 0 fully saturated rings. The lowest BCUT2D eigenvalue weighted by atomic mass is 9.85. The molecule has 0 spiro atoms. The highest BCUT2D eigenvalue weighted by molar-refractivity contribution is 7.86. The maximum Gasteiger partial charge on any atom is 0.306 e. The lowest BCUT2D eigenvalue weighted by molar-refractivity contribution is -0.0981. The van der Waals surface area contributed by atoms with Crippen LogP contribution in [0.15, 0.2) is 18.2 Å². The molecule has 6 nitrogen and oxygen atoms in total. The monoisotopic (exact) mass is 345 g/mol. The van der Waals surface area contributed by atoms with Crippen LogP contribution in [-0.4, -0.2) is 33.6 Å². The molecule has 1 aromatic rings. The van der Waals surface area contributed by atoms with E-state index in [2.05, 4.69) is 0 Å². The molecular formula is C16H27NO5S. The summed E-state index contributed by atoms with van der Waals surface area (Å²) in [6.45, 7) is 10.3. The molecule has 0 saturated carbocycles. The average Bonchev–Trinajstić information content (AvgIpc) is 2.60. The standard InChI is InChI=1S/C13H18O5S.C3H9N/c1-5-16-12-13(2,3)10-8-9(18-19(4,14)15)6-7-11(10)17-12;1-3(2)4/h6-8,12H,5H2,1-4H3;3H,4H2,1-2H3. The van der Waals surface area contributed by atoms with Gasteiger partial charge in [0.05, 0.1) is 11.7 Å². The number of ether oxygens (including phenoxy) is 2. The first-order valence-electron chi connectivity index (χ1n) is 7.55. The first kappa shape index (κ1) is 19.7. The summed E-state index contributed by atoms with van der Waals surface area (Å²) in [4.78, 5) is 0. The fraction of sp³-hybridized carbons (Fsp3) is 0.625. The Morgan fingerprint density at radius 1 is 1.35 bits per heavy atom. The van der Waals surface area contributed by atoms with E-state index < -0.39 is 10.1 Å². The zero-order chi connectivity index (χ0) is 17.8. The first-order valence-corrected chi connectivity index (χ1v) is 9.36. The van der Waals surface area contributed by atoms with Crippen LogP contribution < -0.4 is 14.7 Å². The van der Waals surface area contributed by atoms with Crippen LogP contribution >= 0.6 is 0 Å². The smallest absolute Gasteiger partial charge is 0.306 e. The van der Waals surface area contributed by atoms with E-state index in [9.17, 15) is 8.42 Å². The minimum atomic E-state index is -3.53. The highest BCUT2D eigenvalue weighted by Crippen LogP contribution is 2.44. The van der Waals surface area contributed by atoms with E-state index in [0.29, 0.717) is 18.4 Å². The lowest BCUT2D eigenvalue weighted by Crippen LogP contribution is -2.34. The summed E-state index contributed by atoms with van der Waals surface area (Å²) in [5.74, 6) is 0.986. The van der Waals surface area contributed by atoms with Gasteiger partial charge in [0.1, 0.15) is 11.5 Å². The molecule has 0 aliphatic carbocycles. The van der Waals surface area contributed by atoms with Gasteiger partial charge >= 0.3 is 10.1 Å². The second-order valence-electron chi connectivity index (χ2n) is 6.32. The van der Waals surface area contributed by atoms with E-state index in [4.69, 9.17) is 19.4 Å². The normalized spacial score (nSPS) is 18.7. The van der Waals surface area contributed by atoms with Crippen molar-refractivity contribution in [2.75, 3.05) is 12.9 Å². The van der Waals surface area contributed by atoms with Crippen molar-refractivity contribution >= 4 is 10.1 Å². The van der Waals surface area contributed by atoms with Gasteiger partial charge in [-0.05, 0) is 45.0 Å². The second-order valence-corrected chi connectivity index (χ2v) is 7.89. The van der Waals surface area contributed by atoms with Crippen molar-refractivity contribution in [3.8, 4) is 11.5 Å². The summed E-state index contributed by atoms with van der Waals surface area (Å²) in [7, 11) is -3.53. The molecule has 1 aliphatic heterocycles.